The van der Waals surface area contributed by atoms with Gasteiger partial charge < -0.3 is 10.0 Å². The van der Waals surface area contributed by atoms with Crippen LogP contribution in [0.5, 0.6) is 0 Å². The van der Waals surface area contributed by atoms with Crippen molar-refractivity contribution in [3.8, 4) is 0 Å². The molecular formula is C13H15NO2. The quantitative estimate of drug-likeness (QED) is 0.773. The molecule has 16 heavy (non-hydrogen) atoms. The lowest BCUT2D eigenvalue weighted by Crippen LogP contribution is -2.28. The Morgan fingerprint density at radius 3 is 2.81 bits per heavy atom. The molecule has 3 rings (SSSR count). The van der Waals surface area contributed by atoms with Crippen LogP contribution in [-0.2, 0) is 11.2 Å². The average Bonchev–Trinajstić information content (AvgIpc) is 2.51. The summed E-state index contributed by atoms with van der Waals surface area (Å²) in [5.41, 5.74) is 3.45. The van der Waals surface area contributed by atoms with Gasteiger partial charge in [0.2, 0.25) is 5.91 Å². The summed E-state index contributed by atoms with van der Waals surface area (Å²) >= 11 is 0. The van der Waals surface area contributed by atoms with Crippen LogP contribution in [0.25, 0.3) is 0 Å². The third-order valence-electron chi connectivity index (χ3n) is 3.75. The summed E-state index contributed by atoms with van der Waals surface area (Å²) in [4.78, 5) is 13.4. The molecule has 84 valence electrons. The Morgan fingerprint density at radius 2 is 2.12 bits per heavy atom. The molecule has 1 heterocycles. The molecule has 0 aromatic heterocycles. The highest BCUT2D eigenvalue weighted by atomic mass is 16.3. The number of aliphatic hydroxyl groups excluding tert-OH is 1. The van der Waals surface area contributed by atoms with Crippen molar-refractivity contribution in [2.24, 2.45) is 0 Å². The van der Waals surface area contributed by atoms with Crippen molar-refractivity contribution >= 4 is 11.6 Å². The number of likely N-dealkylation sites (N-methyl/N-ethyl adjacent to an activating group) is 1. The van der Waals surface area contributed by atoms with E-state index in [-0.39, 0.29) is 12.0 Å². The molecule has 1 aliphatic carbocycles. The largest absolute Gasteiger partial charge is 0.393 e. The zero-order chi connectivity index (χ0) is 11.3. The van der Waals surface area contributed by atoms with Crippen molar-refractivity contribution in [3.63, 3.8) is 0 Å². The lowest BCUT2D eigenvalue weighted by Gasteiger charge is -2.33. The number of carbonyl (C=O) groups excluding carboxylic acids is 1. The average molecular weight is 217 g/mol. The van der Waals surface area contributed by atoms with E-state index in [0.29, 0.717) is 12.3 Å². The number of amides is 1. The molecule has 1 amide bonds. The highest BCUT2D eigenvalue weighted by Crippen LogP contribution is 2.44. The minimum absolute atomic E-state index is 0.150. The van der Waals surface area contributed by atoms with Crippen LogP contribution in [0.15, 0.2) is 18.2 Å². The van der Waals surface area contributed by atoms with Crippen LogP contribution in [0.2, 0.25) is 0 Å². The van der Waals surface area contributed by atoms with Crippen molar-refractivity contribution in [2.75, 3.05) is 11.9 Å². The van der Waals surface area contributed by atoms with E-state index in [9.17, 15) is 9.90 Å². The number of rotatable bonds is 1. The number of benzene rings is 1. The molecule has 1 fully saturated rings. The molecule has 1 aliphatic heterocycles. The maximum Gasteiger partial charge on any atom is 0.231 e. The van der Waals surface area contributed by atoms with Gasteiger partial charge in [-0.25, -0.2) is 0 Å². The van der Waals surface area contributed by atoms with E-state index in [4.69, 9.17) is 0 Å². The first-order valence-electron chi connectivity index (χ1n) is 5.73. The molecule has 1 saturated carbocycles. The van der Waals surface area contributed by atoms with Gasteiger partial charge in [-0.15, -0.1) is 0 Å². The van der Waals surface area contributed by atoms with Gasteiger partial charge >= 0.3 is 0 Å². The molecule has 1 aromatic carbocycles. The molecule has 0 atom stereocenters. The van der Waals surface area contributed by atoms with E-state index < -0.39 is 0 Å². The fraction of sp³-hybridized carbons (Fsp3) is 0.462. The van der Waals surface area contributed by atoms with E-state index in [2.05, 4.69) is 6.07 Å². The van der Waals surface area contributed by atoms with Crippen LogP contribution in [0.4, 0.5) is 5.69 Å². The Kier molecular flexibility index (Phi) is 2.04. The predicted molar refractivity (Wildman–Crippen MR) is 61.5 cm³/mol. The van der Waals surface area contributed by atoms with E-state index in [1.807, 2.05) is 19.2 Å². The molecule has 0 bridgehead atoms. The van der Waals surface area contributed by atoms with Crippen LogP contribution >= 0.6 is 0 Å². The van der Waals surface area contributed by atoms with Crippen molar-refractivity contribution < 1.29 is 9.90 Å². The zero-order valence-electron chi connectivity index (χ0n) is 9.31. The third kappa shape index (κ3) is 1.28. The van der Waals surface area contributed by atoms with Crippen molar-refractivity contribution in [1.29, 1.82) is 0 Å². The summed E-state index contributed by atoms with van der Waals surface area (Å²) in [6.45, 7) is 0. The second-order valence-corrected chi connectivity index (χ2v) is 4.81. The molecular weight excluding hydrogens is 202 g/mol. The lowest BCUT2D eigenvalue weighted by molar-refractivity contribution is -0.117. The maximum absolute atomic E-state index is 11.7. The van der Waals surface area contributed by atoms with Gasteiger partial charge in [-0.05, 0) is 29.9 Å². The molecule has 3 nitrogen and oxygen atoms in total. The number of aliphatic hydroxyl groups is 1. The summed E-state index contributed by atoms with van der Waals surface area (Å²) in [6.07, 6.45) is 2.04. The van der Waals surface area contributed by atoms with Crippen molar-refractivity contribution in [1.82, 2.24) is 0 Å². The molecule has 2 aliphatic rings. The second-order valence-electron chi connectivity index (χ2n) is 4.81. The fourth-order valence-corrected chi connectivity index (χ4v) is 2.74. The summed E-state index contributed by atoms with van der Waals surface area (Å²) < 4.78 is 0. The van der Waals surface area contributed by atoms with Gasteiger partial charge in [-0.3, -0.25) is 4.79 Å². The smallest absolute Gasteiger partial charge is 0.231 e. The zero-order valence-corrected chi connectivity index (χ0v) is 9.31. The van der Waals surface area contributed by atoms with Crippen LogP contribution in [0.3, 0.4) is 0 Å². The first-order valence-corrected chi connectivity index (χ1v) is 5.73. The Labute approximate surface area is 94.7 Å². The second kappa shape index (κ2) is 3.32. The highest BCUT2D eigenvalue weighted by molar-refractivity contribution is 6.01. The lowest BCUT2D eigenvalue weighted by atomic mass is 9.76. The standard InChI is InChI=1S/C13H15NO2/c1-14-12(16)7-8-3-2-4-11(13(8)14)9-5-10(15)6-9/h2-4,9-10,15H,5-7H2,1H3. The molecule has 0 radical (unpaired) electrons. The monoisotopic (exact) mass is 217 g/mol. The fourth-order valence-electron chi connectivity index (χ4n) is 2.74. The van der Waals surface area contributed by atoms with Crippen LogP contribution in [0, 0.1) is 0 Å². The van der Waals surface area contributed by atoms with Crippen LogP contribution in [0.1, 0.15) is 29.9 Å². The normalized spacial score (nSPS) is 27.9. The number of anilines is 1. The van der Waals surface area contributed by atoms with Gasteiger partial charge in [0.1, 0.15) is 0 Å². The van der Waals surface area contributed by atoms with Gasteiger partial charge in [-0.2, -0.15) is 0 Å². The molecule has 0 unspecified atom stereocenters. The first-order chi connectivity index (χ1) is 7.66. The minimum Gasteiger partial charge on any atom is -0.393 e. The van der Waals surface area contributed by atoms with Crippen LogP contribution in [-0.4, -0.2) is 24.2 Å². The van der Waals surface area contributed by atoms with E-state index in [1.54, 1.807) is 4.90 Å². The predicted octanol–water partition coefficient (Wildman–Crippen LogP) is 1.44. The van der Waals surface area contributed by atoms with Gasteiger partial charge in [0.25, 0.3) is 0 Å². The van der Waals surface area contributed by atoms with Gasteiger partial charge in [0.05, 0.1) is 18.2 Å². The molecule has 0 spiro atoms. The Bertz CT molecular complexity index is 449. The van der Waals surface area contributed by atoms with Gasteiger partial charge in [0, 0.05) is 7.05 Å². The maximum atomic E-state index is 11.7. The van der Waals surface area contributed by atoms with Crippen LogP contribution < -0.4 is 4.90 Å². The third-order valence-corrected chi connectivity index (χ3v) is 3.75. The van der Waals surface area contributed by atoms with E-state index in [1.165, 1.54) is 5.56 Å². The summed E-state index contributed by atoms with van der Waals surface area (Å²) in [7, 11) is 1.84. The molecule has 1 N–H and O–H groups in total. The number of nitrogens with zero attached hydrogens (tertiary/aromatic N) is 1. The Balaban J connectivity index is 2.02. The van der Waals surface area contributed by atoms with E-state index in [0.717, 1.165) is 24.1 Å². The number of hydrogen-bond acceptors (Lipinski definition) is 2. The topological polar surface area (TPSA) is 40.5 Å². The molecule has 1 aromatic rings. The number of fused-ring (bicyclic) bond motifs is 1. The highest BCUT2D eigenvalue weighted by Gasteiger charge is 2.34. The van der Waals surface area contributed by atoms with Crippen molar-refractivity contribution in [2.45, 2.75) is 31.3 Å². The van der Waals surface area contributed by atoms with Crippen molar-refractivity contribution in [3.05, 3.63) is 29.3 Å². The van der Waals surface area contributed by atoms with Gasteiger partial charge in [0.15, 0.2) is 0 Å². The molecule has 3 heteroatoms. The Morgan fingerprint density at radius 1 is 1.38 bits per heavy atom. The number of para-hydroxylation sites is 1. The first kappa shape index (κ1) is 9.85. The minimum atomic E-state index is -0.150. The summed E-state index contributed by atoms with van der Waals surface area (Å²) in [5, 5.41) is 9.37. The van der Waals surface area contributed by atoms with Gasteiger partial charge in [-0.1, -0.05) is 18.2 Å². The number of carbonyl (C=O) groups is 1. The summed E-state index contributed by atoms with van der Waals surface area (Å²) in [5.74, 6) is 0.598. The number of hydrogen-bond donors (Lipinski definition) is 1. The SMILES string of the molecule is CN1C(=O)Cc2cccc(C3CC(O)C3)c21. The summed E-state index contributed by atoms with van der Waals surface area (Å²) in [6, 6.07) is 6.13. The Hall–Kier alpha value is -1.35. The molecule has 0 saturated heterocycles. The van der Waals surface area contributed by atoms with E-state index >= 15 is 0 Å².